The molecule has 24 heavy (non-hydrogen) atoms. The molecule has 1 N–H and O–H groups in total. The average molecular weight is 385 g/mol. The number of nitrogens with zero attached hydrogens (tertiary/aromatic N) is 7. The van der Waals surface area contributed by atoms with Gasteiger partial charge in [-0.05, 0) is 34.7 Å². The van der Waals surface area contributed by atoms with Gasteiger partial charge in [0.15, 0.2) is 0 Å². The van der Waals surface area contributed by atoms with Crippen molar-refractivity contribution in [2.75, 3.05) is 5.43 Å². The summed E-state index contributed by atoms with van der Waals surface area (Å²) < 4.78 is 2.42. The second kappa shape index (κ2) is 7.55. The summed E-state index contributed by atoms with van der Waals surface area (Å²) in [4.78, 5) is 0. The van der Waals surface area contributed by atoms with Crippen LogP contribution in [0.25, 0.3) is 0 Å². The van der Waals surface area contributed by atoms with Crippen LogP contribution in [-0.2, 0) is 7.05 Å². The molecule has 0 aliphatic rings. The van der Waals surface area contributed by atoms with Gasteiger partial charge in [0.25, 0.3) is 5.95 Å². The Kier molecular flexibility index (Phi) is 5.02. The fourth-order valence-corrected chi connectivity index (χ4v) is 2.04. The largest absolute Gasteiger partial charge is 0.287 e. The second-order valence-electron chi connectivity index (χ2n) is 4.72. The molecule has 0 radical (unpaired) electrons. The fraction of sp³-hybridized carbons (Fsp3) is 0.0667. The lowest BCUT2D eigenvalue weighted by Gasteiger charge is -2.03. The van der Waals surface area contributed by atoms with Gasteiger partial charge in [-0.25, -0.2) is 4.68 Å². The minimum Gasteiger partial charge on any atom is -0.276 e. The van der Waals surface area contributed by atoms with Gasteiger partial charge in [-0.2, -0.15) is 5.10 Å². The predicted molar refractivity (Wildman–Crippen MR) is 94.1 cm³/mol. The number of hydrazone groups is 1. The van der Waals surface area contributed by atoms with E-state index in [1.54, 1.807) is 7.05 Å². The highest BCUT2D eigenvalue weighted by atomic mass is 79.9. The van der Waals surface area contributed by atoms with Crippen LogP contribution in [0.3, 0.4) is 0 Å². The predicted octanol–water partition coefficient (Wildman–Crippen LogP) is 3.53. The number of hydrogen-bond acceptors (Lipinski definition) is 6. The smallest absolute Gasteiger partial charge is 0.276 e. The summed E-state index contributed by atoms with van der Waals surface area (Å²) in [6.45, 7) is 0. The van der Waals surface area contributed by atoms with Crippen molar-refractivity contribution in [2.45, 2.75) is 0 Å². The number of rotatable bonds is 4. The summed E-state index contributed by atoms with van der Waals surface area (Å²) >= 11 is 3.40. The molecule has 3 rings (SSSR count). The Balaban J connectivity index is 1.87. The van der Waals surface area contributed by atoms with Crippen molar-refractivity contribution in [3.63, 3.8) is 0 Å². The molecule has 120 valence electrons. The third kappa shape index (κ3) is 4.07. The van der Waals surface area contributed by atoms with Crippen molar-refractivity contribution in [2.24, 2.45) is 22.4 Å². The number of aryl methyl sites for hydroxylation is 1. The topological polar surface area (TPSA) is 92.7 Å². The van der Waals surface area contributed by atoms with Crippen molar-refractivity contribution < 1.29 is 0 Å². The minimum absolute atomic E-state index is 0.294. The molecule has 0 saturated carbocycles. The molecule has 0 saturated heterocycles. The molecule has 0 bridgehead atoms. The molecule has 0 amide bonds. The normalized spacial score (nSPS) is 11.8. The Morgan fingerprint density at radius 2 is 1.83 bits per heavy atom. The molecule has 1 aromatic heterocycles. The summed E-state index contributed by atoms with van der Waals surface area (Å²) in [7, 11) is 1.69. The van der Waals surface area contributed by atoms with Crippen LogP contribution < -0.4 is 5.43 Å². The third-order valence-electron chi connectivity index (χ3n) is 3.00. The summed E-state index contributed by atoms with van der Waals surface area (Å²) in [5.41, 5.74) is 4.63. The SMILES string of the molecule is Cn1nnnc1N=N/C(=N/Nc1ccc(Br)cc1)c1ccccc1. The van der Waals surface area contributed by atoms with Gasteiger partial charge in [0.05, 0.1) is 5.69 Å². The first-order chi connectivity index (χ1) is 11.7. The van der Waals surface area contributed by atoms with Gasteiger partial charge in [0.2, 0.25) is 5.84 Å². The van der Waals surface area contributed by atoms with E-state index >= 15 is 0 Å². The van der Waals surface area contributed by atoms with Gasteiger partial charge >= 0.3 is 0 Å². The van der Waals surface area contributed by atoms with Crippen LogP contribution in [0, 0.1) is 0 Å². The third-order valence-corrected chi connectivity index (χ3v) is 3.53. The number of halogens is 1. The number of hydrogen-bond donors (Lipinski definition) is 1. The standard InChI is InChI=1S/C15H13BrN8/c1-24-15(21-22-23-24)20-19-14(11-5-3-2-4-6-11)18-17-13-9-7-12(16)8-10-13/h2-10,17H,1H3/b18-14+,20-19?. The Morgan fingerprint density at radius 3 is 2.50 bits per heavy atom. The summed E-state index contributed by atoms with van der Waals surface area (Å²) in [6, 6.07) is 17.2. The zero-order valence-corrected chi connectivity index (χ0v) is 14.3. The molecule has 2 aromatic carbocycles. The minimum atomic E-state index is 0.294. The number of tetrazole rings is 1. The summed E-state index contributed by atoms with van der Waals surface area (Å²) in [5, 5.41) is 23.6. The Hall–Kier alpha value is -2.94. The zero-order chi connectivity index (χ0) is 16.8. The number of azo groups is 1. The molecule has 0 aliphatic heterocycles. The lowest BCUT2D eigenvalue weighted by Crippen LogP contribution is -2.01. The number of amidine groups is 1. The molecule has 9 heteroatoms. The van der Waals surface area contributed by atoms with E-state index < -0.39 is 0 Å². The second-order valence-corrected chi connectivity index (χ2v) is 5.64. The highest BCUT2D eigenvalue weighted by Crippen LogP contribution is 2.15. The first-order valence-electron chi connectivity index (χ1n) is 7.01. The lowest BCUT2D eigenvalue weighted by molar-refractivity contribution is 0.710. The molecule has 0 unspecified atom stereocenters. The molecule has 8 nitrogen and oxygen atoms in total. The van der Waals surface area contributed by atoms with Crippen LogP contribution in [0.15, 0.2) is 74.4 Å². The van der Waals surface area contributed by atoms with Gasteiger partial charge in [-0.3, -0.25) is 5.43 Å². The maximum Gasteiger partial charge on any atom is 0.287 e. The van der Waals surface area contributed by atoms with Crippen LogP contribution >= 0.6 is 15.9 Å². The number of nitrogens with one attached hydrogen (secondary N) is 1. The van der Waals surface area contributed by atoms with E-state index in [1.165, 1.54) is 4.68 Å². The van der Waals surface area contributed by atoms with Gasteiger partial charge in [-0.15, -0.1) is 10.2 Å². The maximum atomic E-state index is 4.34. The van der Waals surface area contributed by atoms with E-state index in [0.717, 1.165) is 15.7 Å². The Bertz CT molecular complexity index is 855. The molecular formula is C15H13BrN8. The number of benzene rings is 2. The zero-order valence-electron chi connectivity index (χ0n) is 12.7. The Morgan fingerprint density at radius 1 is 1.08 bits per heavy atom. The van der Waals surface area contributed by atoms with Crippen molar-refractivity contribution in [3.05, 3.63) is 64.6 Å². The fourth-order valence-electron chi connectivity index (χ4n) is 1.78. The maximum absolute atomic E-state index is 4.34. The van der Waals surface area contributed by atoms with Crippen molar-refractivity contribution in [3.8, 4) is 0 Å². The molecule has 1 heterocycles. The first-order valence-corrected chi connectivity index (χ1v) is 7.80. The molecule has 0 spiro atoms. The number of anilines is 1. The van der Waals surface area contributed by atoms with E-state index in [9.17, 15) is 0 Å². The van der Waals surface area contributed by atoms with Crippen LogP contribution in [0.5, 0.6) is 0 Å². The monoisotopic (exact) mass is 384 g/mol. The van der Waals surface area contributed by atoms with Crippen LogP contribution in [-0.4, -0.2) is 26.0 Å². The molecule has 0 atom stereocenters. The van der Waals surface area contributed by atoms with E-state index in [2.05, 4.69) is 52.2 Å². The van der Waals surface area contributed by atoms with Gasteiger partial charge in [0, 0.05) is 17.1 Å². The van der Waals surface area contributed by atoms with E-state index in [-0.39, 0.29) is 0 Å². The van der Waals surface area contributed by atoms with E-state index in [4.69, 9.17) is 0 Å². The molecule has 3 aromatic rings. The lowest BCUT2D eigenvalue weighted by atomic mass is 10.2. The summed E-state index contributed by atoms with van der Waals surface area (Å²) in [6.07, 6.45) is 0. The summed E-state index contributed by atoms with van der Waals surface area (Å²) in [5.74, 6) is 0.712. The first kappa shape index (κ1) is 15.9. The highest BCUT2D eigenvalue weighted by molar-refractivity contribution is 9.10. The van der Waals surface area contributed by atoms with E-state index in [0.29, 0.717) is 11.8 Å². The van der Waals surface area contributed by atoms with Crippen LogP contribution in [0.1, 0.15) is 5.56 Å². The van der Waals surface area contributed by atoms with Crippen LogP contribution in [0.2, 0.25) is 0 Å². The Labute approximate surface area is 146 Å². The van der Waals surface area contributed by atoms with Gasteiger partial charge < -0.3 is 0 Å². The van der Waals surface area contributed by atoms with Crippen molar-refractivity contribution in [1.29, 1.82) is 0 Å². The molecule has 0 fully saturated rings. The highest BCUT2D eigenvalue weighted by Gasteiger charge is 2.04. The van der Waals surface area contributed by atoms with Crippen LogP contribution in [0.4, 0.5) is 11.6 Å². The quantitative estimate of drug-likeness (QED) is 0.322. The van der Waals surface area contributed by atoms with Crippen molar-refractivity contribution in [1.82, 2.24) is 20.2 Å². The number of aromatic nitrogens is 4. The van der Waals surface area contributed by atoms with E-state index in [1.807, 2.05) is 54.6 Å². The van der Waals surface area contributed by atoms with Crippen molar-refractivity contribution >= 4 is 33.4 Å². The molecular weight excluding hydrogens is 372 g/mol. The average Bonchev–Trinajstić information content (AvgIpc) is 3.02. The van der Waals surface area contributed by atoms with Gasteiger partial charge in [0.1, 0.15) is 0 Å². The van der Waals surface area contributed by atoms with Gasteiger partial charge in [-0.1, -0.05) is 51.4 Å². The molecule has 0 aliphatic carbocycles.